The summed E-state index contributed by atoms with van der Waals surface area (Å²) >= 11 is 0. The molecule has 6 heteroatoms. The van der Waals surface area contributed by atoms with Gasteiger partial charge in [-0.25, -0.2) is 0 Å². The number of hydrogen-bond acceptors (Lipinski definition) is 4. The standard InChI is InChI=1S/C19H17N3O3/c1-2-10-25-15-8-9-17-16(11-15)19(22-21-17)20-18(23)13-24-12-14-6-4-3-5-7-14/h1,3-9,11H,10,12-13H2,(H2,20,21,22,23). The predicted octanol–water partition coefficient (Wildman–Crippen LogP) is 2.73. The third-order valence-corrected chi connectivity index (χ3v) is 3.46. The summed E-state index contributed by atoms with van der Waals surface area (Å²) in [5.41, 5.74) is 1.80. The van der Waals surface area contributed by atoms with Gasteiger partial charge in [-0.2, -0.15) is 5.10 Å². The molecule has 3 rings (SSSR count). The number of anilines is 1. The molecule has 0 aliphatic rings. The van der Waals surface area contributed by atoms with Crippen LogP contribution in [0.15, 0.2) is 48.5 Å². The number of aromatic nitrogens is 2. The van der Waals surface area contributed by atoms with E-state index in [1.807, 2.05) is 36.4 Å². The molecule has 0 radical (unpaired) electrons. The Morgan fingerprint density at radius 3 is 2.88 bits per heavy atom. The van der Waals surface area contributed by atoms with E-state index < -0.39 is 0 Å². The monoisotopic (exact) mass is 335 g/mol. The second-order valence-electron chi connectivity index (χ2n) is 5.30. The summed E-state index contributed by atoms with van der Waals surface area (Å²) in [6.07, 6.45) is 5.19. The van der Waals surface area contributed by atoms with Gasteiger partial charge in [0.1, 0.15) is 19.0 Å². The summed E-state index contributed by atoms with van der Waals surface area (Å²) in [4.78, 5) is 12.1. The molecule has 0 saturated heterocycles. The maximum atomic E-state index is 12.1. The number of carbonyl (C=O) groups excluding carboxylic acids is 1. The van der Waals surface area contributed by atoms with Crippen LogP contribution in [-0.2, 0) is 16.1 Å². The zero-order valence-electron chi connectivity index (χ0n) is 13.5. The molecule has 2 N–H and O–H groups in total. The highest BCUT2D eigenvalue weighted by Gasteiger charge is 2.10. The van der Waals surface area contributed by atoms with Crippen LogP contribution in [0.5, 0.6) is 5.75 Å². The van der Waals surface area contributed by atoms with Crippen LogP contribution in [0.2, 0.25) is 0 Å². The van der Waals surface area contributed by atoms with Crippen molar-refractivity contribution in [3.8, 4) is 18.1 Å². The number of carbonyl (C=O) groups is 1. The lowest BCUT2D eigenvalue weighted by Crippen LogP contribution is -2.18. The van der Waals surface area contributed by atoms with Gasteiger partial charge in [-0.05, 0) is 23.8 Å². The number of aromatic amines is 1. The number of nitrogens with zero attached hydrogens (tertiary/aromatic N) is 1. The minimum absolute atomic E-state index is 0.0590. The van der Waals surface area contributed by atoms with Gasteiger partial charge >= 0.3 is 0 Å². The molecule has 1 aromatic heterocycles. The molecule has 0 unspecified atom stereocenters. The van der Waals surface area contributed by atoms with Crippen LogP contribution in [0, 0.1) is 12.3 Å². The van der Waals surface area contributed by atoms with Crippen LogP contribution < -0.4 is 10.1 Å². The summed E-state index contributed by atoms with van der Waals surface area (Å²) in [5.74, 6) is 3.17. The second-order valence-corrected chi connectivity index (χ2v) is 5.30. The van der Waals surface area contributed by atoms with Crippen molar-refractivity contribution in [1.29, 1.82) is 0 Å². The Bertz CT molecular complexity index is 897. The highest BCUT2D eigenvalue weighted by molar-refractivity contribution is 6.00. The lowest BCUT2D eigenvalue weighted by molar-refractivity contribution is -0.121. The fourth-order valence-corrected chi connectivity index (χ4v) is 2.31. The maximum absolute atomic E-state index is 12.1. The maximum Gasteiger partial charge on any atom is 0.251 e. The van der Waals surface area contributed by atoms with E-state index in [2.05, 4.69) is 21.4 Å². The lowest BCUT2D eigenvalue weighted by atomic mass is 10.2. The van der Waals surface area contributed by atoms with Crippen molar-refractivity contribution >= 4 is 22.6 Å². The van der Waals surface area contributed by atoms with Crippen molar-refractivity contribution in [1.82, 2.24) is 10.2 Å². The van der Waals surface area contributed by atoms with E-state index in [4.69, 9.17) is 15.9 Å². The molecule has 0 aliphatic carbocycles. The van der Waals surface area contributed by atoms with Gasteiger partial charge in [-0.3, -0.25) is 9.89 Å². The fourth-order valence-electron chi connectivity index (χ4n) is 2.31. The number of terminal acetylenes is 1. The quantitative estimate of drug-likeness (QED) is 0.651. The van der Waals surface area contributed by atoms with Crippen LogP contribution in [0.4, 0.5) is 5.82 Å². The number of fused-ring (bicyclic) bond motifs is 1. The Kier molecular flexibility index (Phi) is 5.29. The first kappa shape index (κ1) is 16.6. The van der Waals surface area contributed by atoms with Crippen molar-refractivity contribution in [2.45, 2.75) is 6.61 Å². The van der Waals surface area contributed by atoms with Gasteiger partial charge in [-0.15, -0.1) is 6.42 Å². The summed E-state index contributed by atoms with van der Waals surface area (Å²) < 4.78 is 10.8. The second kappa shape index (κ2) is 7.99. The highest BCUT2D eigenvalue weighted by Crippen LogP contribution is 2.25. The molecule has 1 amide bonds. The van der Waals surface area contributed by atoms with Gasteiger partial charge in [-0.1, -0.05) is 36.3 Å². The van der Waals surface area contributed by atoms with Gasteiger partial charge < -0.3 is 14.8 Å². The SMILES string of the molecule is C#CCOc1ccc2[nH]nc(NC(=O)COCc3ccccc3)c2c1. The molecular weight excluding hydrogens is 318 g/mol. The smallest absolute Gasteiger partial charge is 0.251 e. The van der Waals surface area contributed by atoms with Crippen LogP contribution in [0.3, 0.4) is 0 Å². The minimum atomic E-state index is -0.278. The van der Waals surface area contributed by atoms with E-state index in [-0.39, 0.29) is 19.1 Å². The number of benzene rings is 2. The van der Waals surface area contributed by atoms with E-state index in [1.54, 1.807) is 12.1 Å². The van der Waals surface area contributed by atoms with Crippen molar-refractivity contribution in [3.05, 3.63) is 54.1 Å². The molecule has 2 aromatic carbocycles. The highest BCUT2D eigenvalue weighted by atomic mass is 16.5. The van der Waals surface area contributed by atoms with Gasteiger partial charge in [0.15, 0.2) is 5.82 Å². The number of rotatable bonds is 7. The molecule has 0 spiro atoms. The zero-order chi connectivity index (χ0) is 17.5. The van der Waals surface area contributed by atoms with E-state index in [1.165, 1.54) is 0 Å². The molecule has 0 aliphatic heterocycles. The van der Waals surface area contributed by atoms with Gasteiger partial charge in [0, 0.05) is 5.39 Å². The molecule has 6 nitrogen and oxygen atoms in total. The van der Waals surface area contributed by atoms with Crippen molar-refractivity contribution in [3.63, 3.8) is 0 Å². The Morgan fingerprint density at radius 2 is 2.08 bits per heavy atom. The van der Waals surface area contributed by atoms with Crippen molar-refractivity contribution in [2.24, 2.45) is 0 Å². The summed E-state index contributed by atoms with van der Waals surface area (Å²) in [7, 11) is 0. The molecule has 0 saturated carbocycles. The normalized spacial score (nSPS) is 10.4. The Morgan fingerprint density at radius 1 is 1.24 bits per heavy atom. The summed E-state index contributed by atoms with van der Waals surface area (Å²) in [5, 5.41) is 10.4. The lowest BCUT2D eigenvalue weighted by Gasteiger charge is -2.06. The molecule has 126 valence electrons. The first-order valence-corrected chi connectivity index (χ1v) is 7.72. The first-order chi connectivity index (χ1) is 12.3. The fraction of sp³-hybridized carbons (Fsp3) is 0.158. The van der Waals surface area contributed by atoms with Crippen molar-refractivity contribution in [2.75, 3.05) is 18.5 Å². The van der Waals surface area contributed by atoms with Crippen LogP contribution in [0.25, 0.3) is 10.9 Å². The number of ether oxygens (including phenoxy) is 2. The molecule has 0 bridgehead atoms. The Balaban J connectivity index is 1.59. The van der Waals surface area contributed by atoms with E-state index in [0.29, 0.717) is 18.2 Å². The number of hydrogen-bond donors (Lipinski definition) is 2. The molecule has 0 atom stereocenters. The third-order valence-electron chi connectivity index (χ3n) is 3.46. The number of H-pyrrole nitrogens is 1. The Hall–Kier alpha value is -3.30. The van der Waals surface area contributed by atoms with Gasteiger partial charge in [0.25, 0.3) is 5.91 Å². The number of nitrogens with one attached hydrogen (secondary N) is 2. The van der Waals surface area contributed by atoms with Gasteiger partial charge in [0.2, 0.25) is 0 Å². The number of amides is 1. The van der Waals surface area contributed by atoms with E-state index in [9.17, 15) is 4.79 Å². The molecule has 0 fully saturated rings. The van der Waals surface area contributed by atoms with Crippen LogP contribution >= 0.6 is 0 Å². The topological polar surface area (TPSA) is 76.2 Å². The van der Waals surface area contributed by atoms with Crippen molar-refractivity contribution < 1.29 is 14.3 Å². The Labute approximate surface area is 145 Å². The van der Waals surface area contributed by atoms with Gasteiger partial charge in [0.05, 0.1) is 12.1 Å². The molecular formula is C19H17N3O3. The largest absolute Gasteiger partial charge is 0.481 e. The van der Waals surface area contributed by atoms with E-state index >= 15 is 0 Å². The minimum Gasteiger partial charge on any atom is -0.481 e. The molecule has 25 heavy (non-hydrogen) atoms. The predicted molar refractivity (Wildman–Crippen MR) is 95.1 cm³/mol. The average molecular weight is 335 g/mol. The summed E-state index contributed by atoms with van der Waals surface area (Å²) in [6.45, 7) is 0.495. The average Bonchev–Trinajstić information content (AvgIpc) is 3.03. The third kappa shape index (κ3) is 4.37. The molecule has 1 heterocycles. The first-order valence-electron chi connectivity index (χ1n) is 7.72. The van der Waals surface area contributed by atoms with Crippen LogP contribution in [-0.4, -0.2) is 29.3 Å². The zero-order valence-corrected chi connectivity index (χ0v) is 13.5. The van der Waals surface area contributed by atoms with Crippen LogP contribution in [0.1, 0.15) is 5.56 Å². The summed E-state index contributed by atoms with van der Waals surface area (Å²) in [6, 6.07) is 15.0. The molecule has 3 aromatic rings. The van der Waals surface area contributed by atoms with E-state index in [0.717, 1.165) is 16.5 Å².